The number of hydrogen-bond donors (Lipinski definition) is 1. The van der Waals surface area contributed by atoms with Gasteiger partial charge in [-0.3, -0.25) is 0 Å². The number of nitrogens with two attached hydrogens (primary N) is 1. The number of hydrogen-bond acceptors (Lipinski definition) is 5. The molecule has 0 aliphatic heterocycles. The van der Waals surface area contributed by atoms with Gasteiger partial charge in [0.15, 0.2) is 5.82 Å². The highest BCUT2D eigenvalue weighted by molar-refractivity contribution is 9.10. The third-order valence-electron chi connectivity index (χ3n) is 2.38. The van der Waals surface area contributed by atoms with Crippen molar-refractivity contribution < 1.29 is 9.26 Å². The normalized spacial score (nSPS) is 10.8. The Labute approximate surface area is 113 Å². The van der Waals surface area contributed by atoms with Crippen molar-refractivity contribution in [2.24, 2.45) is 0 Å². The second-order valence-corrected chi connectivity index (χ2v) is 4.80. The molecule has 5 nitrogen and oxygen atoms in total. The Morgan fingerprint density at radius 3 is 2.94 bits per heavy atom. The molecular formula is C12H14BrN3O2. The minimum atomic E-state index is 0.482. The summed E-state index contributed by atoms with van der Waals surface area (Å²) >= 11 is 3.38. The molecule has 6 heteroatoms. The summed E-state index contributed by atoms with van der Waals surface area (Å²) in [6.45, 7) is 0.688. The summed E-state index contributed by atoms with van der Waals surface area (Å²) in [7, 11) is 1.67. The number of halogens is 1. The largest absolute Gasteiger partial charge is 0.399 e. The van der Waals surface area contributed by atoms with Crippen molar-refractivity contribution in [2.45, 2.75) is 12.8 Å². The van der Waals surface area contributed by atoms with Crippen molar-refractivity contribution in [3.63, 3.8) is 0 Å². The fourth-order valence-electron chi connectivity index (χ4n) is 1.58. The number of anilines is 1. The smallest absolute Gasteiger partial charge is 0.258 e. The highest BCUT2D eigenvalue weighted by Crippen LogP contribution is 2.25. The molecule has 96 valence electrons. The number of aromatic nitrogens is 2. The molecule has 0 bridgehead atoms. The average Bonchev–Trinajstić information content (AvgIpc) is 2.77. The Kier molecular flexibility index (Phi) is 4.33. The Bertz CT molecular complexity index is 508. The molecule has 18 heavy (non-hydrogen) atoms. The van der Waals surface area contributed by atoms with Crippen LogP contribution >= 0.6 is 15.9 Å². The molecule has 0 aliphatic carbocycles. The molecule has 2 aromatic rings. The van der Waals surface area contributed by atoms with Crippen LogP contribution in [0, 0.1) is 0 Å². The van der Waals surface area contributed by atoms with Gasteiger partial charge in [-0.2, -0.15) is 4.98 Å². The lowest BCUT2D eigenvalue weighted by Crippen LogP contribution is -1.94. The highest BCUT2D eigenvalue weighted by atomic mass is 79.9. The number of methoxy groups -OCH3 is 1. The minimum absolute atomic E-state index is 0.482. The van der Waals surface area contributed by atoms with Gasteiger partial charge in [0.25, 0.3) is 5.89 Å². The third kappa shape index (κ3) is 3.30. The van der Waals surface area contributed by atoms with E-state index in [-0.39, 0.29) is 0 Å². The Morgan fingerprint density at radius 1 is 1.39 bits per heavy atom. The molecule has 0 unspecified atom stereocenters. The second kappa shape index (κ2) is 5.97. The summed E-state index contributed by atoms with van der Waals surface area (Å²) in [5.74, 6) is 1.16. The van der Waals surface area contributed by atoms with Crippen LogP contribution in [0.2, 0.25) is 0 Å². The van der Waals surface area contributed by atoms with Crippen molar-refractivity contribution in [1.82, 2.24) is 10.1 Å². The molecule has 1 heterocycles. The number of benzene rings is 1. The molecule has 0 radical (unpaired) electrons. The molecule has 0 saturated carbocycles. The molecule has 0 fully saturated rings. The second-order valence-electron chi connectivity index (χ2n) is 3.89. The van der Waals surface area contributed by atoms with Gasteiger partial charge in [-0.1, -0.05) is 21.1 Å². The van der Waals surface area contributed by atoms with E-state index in [1.165, 1.54) is 0 Å². The zero-order valence-corrected chi connectivity index (χ0v) is 11.6. The van der Waals surface area contributed by atoms with Crippen molar-refractivity contribution in [2.75, 3.05) is 19.5 Å². The summed E-state index contributed by atoms with van der Waals surface area (Å²) in [6, 6.07) is 5.51. The highest BCUT2D eigenvalue weighted by Gasteiger charge is 2.09. The summed E-state index contributed by atoms with van der Waals surface area (Å²) < 4.78 is 11.1. The number of nitrogen functional groups attached to an aromatic ring is 1. The zero-order chi connectivity index (χ0) is 13.0. The predicted octanol–water partition coefficient (Wildman–Crippen LogP) is 2.66. The predicted molar refractivity (Wildman–Crippen MR) is 72.0 cm³/mol. The van der Waals surface area contributed by atoms with Gasteiger partial charge < -0.3 is 15.0 Å². The number of aryl methyl sites for hydroxylation is 1. The number of rotatable bonds is 5. The molecule has 0 atom stereocenters. The lowest BCUT2D eigenvalue weighted by Gasteiger charge is -1.98. The number of ether oxygens (including phenoxy) is 1. The molecule has 2 rings (SSSR count). The first-order valence-corrected chi connectivity index (χ1v) is 6.36. The van der Waals surface area contributed by atoms with E-state index in [1.54, 1.807) is 13.2 Å². The van der Waals surface area contributed by atoms with Crippen LogP contribution in [0.25, 0.3) is 11.5 Å². The van der Waals surface area contributed by atoms with Crippen LogP contribution in [-0.4, -0.2) is 23.9 Å². The SMILES string of the molecule is COCCCc1noc(-c2cc(N)cc(Br)c2)n1. The van der Waals surface area contributed by atoms with E-state index in [9.17, 15) is 0 Å². The molecule has 0 saturated heterocycles. The summed E-state index contributed by atoms with van der Waals surface area (Å²) in [5, 5.41) is 3.93. The monoisotopic (exact) mass is 311 g/mol. The van der Waals surface area contributed by atoms with Crippen LogP contribution in [0.5, 0.6) is 0 Å². The van der Waals surface area contributed by atoms with Gasteiger partial charge in [0.05, 0.1) is 0 Å². The minimum Gasteiger partial charge on any atom is -0.399 e. The van der Waals surface area contributed by atoms with Gasteiger partial charge in [0.1, 0.15) is 0 Å². The van der Waals surface area contributed by atoms with Crippen LogP contribution in [0.3, 0.4) is 0 Å². The maximum atomic E-state index is 5.77. The Morgan fingerprint density at radius 2 is 2.22 bits per heavy atom. The van der Waals surface area contributed by atoms with Crippen LogP contribution < -0.4 is 5.73 Å². The van der Waals surface area contributed by atoms with E-state index in [1.807, 2.05) is 12.1 Å². The van der Waals surface area contributed by atoms with Gasteiger partial charge in [-0.15, -0.1) is 0 Å². The molecule has 0 amide bonds. The van der Waals surface area contributed by atoms with Crippen molar-refractivity contribution in [1.29, 1.82) is 0 Å². The standard InChI is InChI=1S/C12H14BrN3O2/c1-17-4-2-3-11-15-12(18-16-11)8-5-9(13)7-10(14)6-8/h5-7H,2-4,14H2,1H3. The summed E-state index contributed by atoms with van der Waals surface area (Å²) in [6.07, 6.45) is 1.61. The third-order valence-corrected chi connectivity index (χ3v) is 2.84. The van der Waals surface area contributed by atoms with Crippen LogP contribution in [0.1, 0.15) is 12.2 Å². The fourth-order valence-corrected chi connectivity index (χ4v) is 2.09. The maximum Gasteiger partial charge on any atom is 0.258 e. The van der Waals surface area contributed by atoms with Crippen LogP contribution in [-0.2, 0) is 11.2 Å². The molecule has 1 aromatic carbocycles. The Balaban J connectivity index is 2.13. The lowest BCUT2D eigenvalue weighted by atomic mass is 10.2. The van der Waals surface area contributed by atoms with E-state index >= 15 is 0 Å². The van der Waals surface area contributed by atoms with Crippen molar-refractivity contribution >= 4 is 21.6 Å². The fraction of sp³-hybridized carbons (Fsp3) is 0.333. The molecular weight excluding hydrogens is 298 g/mol. The van der Waals surface area contributed by atoms with Gasteiger partial charge in [-0.05, 0) is 24.6 Å². The molecule has 0 spiro atoms. The van der Waals surface area contributed by atoms with E-state index in [4.69, 9.17) is 15.0 Å². The van der Waals surface area contributed by atoms with Crippen LogP contribution in [0.15, 0.2) is 27.2 Å². The van der Waals surface area contributed by atoms with E-state index in [2.05, 4.69) is 26.1 Å². The van der Waals surface area contributed by atoms with E-state index in [0.717, 1.165) is 22.9 Å². The quantitative estimate of drug-likeness (QED) is 0.678. The van der Waals surface area contributed by atoms with Gasteiger partial charge in [-0.25, -0.2) is 0 Å². The van der Waals surface area contributed by atoms with Gasteiger partial charge in [0.2, 0.25) is 0 Å². The van der Waals surface area contributed by atoms with E-state index < -0.39 is 0 Å². The average molecular weight is 312 g/mol. The van der Waals surface area contributed by atoms with Gasteiger partial charge >= 0.3 is 0 Å². The van der Waals surface area contributed by atoms with Crippen molar-refractivity contribution in [3.8, 4) is 11.5 Å². The lowest BCUT2D eigenvalue weighted by molar-refractivity contribution is 0.194. The maximum absolute atomic E-state index is 5.77. The van der Waals surface area contributed by atoms with E-state index in [0.29, 0.717) is 24.0 Å². The topological polar surface area (TPSA) is 74.2 Å². The Hall–Kier alpha value is -1.40. The zero-order valence-electron chi connectivity index (χ0n) is 10.0. The molecule has 0 aliphatic rings. The van der Waals surface area contributed by atoms with Crippen LogP contribution in [0.4, 0.5) is 5.69 Å². The van der Waals surface area contributed by atoms with Crippen molar-refractivity contribution in [3.05, 3.63) is 28.5 Å². The first-order chi connectivity index (χ1) is 8.69. The molecule has 1 aromatic heterocycles. The van der Waals surface area contributed by atoms with Gasteiger partial charge in [0, 0.05) is 35.9 Å². The molecule has 2 N–H and O–H groups in total. The summed E-state index contributed by atoms with van der Waals surface area (Å²) in [4.78, 5) is 4.32. The summed E-state index contributed by atoms with van der Waals surface area (Å²) in [5.41, 5.74) is 7.23. The first kappa shape index (κ1) is 13.0. The number of nitrogens with zero attached hydrogens (tertiary/aromatic N) is 2. The first-order valence-electron chi connectivity index (χ1n) is 5.57.